The molecule has 0 amide bonds. The van der Waals surface area contributed by atoms with E-state index in [0.717, 1.165) is 6.42 Å². The van der Waals surface area contributed by atoms with Crippen molar-refractivity contribution in [1.82, 2.24) is 0 Å². The first-order valence-corrected chi connectivity index (χ1v) is 21.7. The molecule has 0 radical (unpaired) electrons. The molecule has 326 valence electrons. The summed E-state index contributed by atoms with van der Waals surface area (Å²) in [6.45, 7) is 9.27. The third-order valence-corrected chi connectivity index (χ3v) is 15.6. The quantitative estimate of drug-likeness (QED) is 0.0886. The molecule has 0 spiro atoms. The average Bonchev–Trinajstić information content (AvgIpc) is 3.40. The summed E-state index contributed by atoms with van der Waals surface area (Å²) in [7, 11) is -4.86. The molecule has 6 rings (SSSR count). The summed E-state index contributed by atoms with van der Waals surface area (Å²) >= 11 is 0. The van der Waals surface area contributed by atoms with Crippen molar-refractivity contribution >= 4 is 10.4 Å². The van der Waals surface area contributed by atoms with E-state index in [0.29, 0.717) is 44.9 Å². The van der Waals surface area contributed by atoms with E-state index in [-0.39, 0.29) is 48.7 Å². The van der Waals surface area contributed by atoms with E-state index in [1.165, 1.54) is 0 Å². The smallest absolute Gasteiger partial charge is 0.393 e. The third kappa shape index (κ3) is 8.35. The Balaban J connectivity index is 1.10. The standard InChI is InChI=1S/C38H66O17S/c1-17(2)25(54-35-32(46)30(44)29(43)26(55-35)16-52-56(48,49)50)7-6-18(3)20-13-22(39)33-37(20,5)11-9-27-36(4)10-8-19(12-21(36)23(40)14-38(27,33)47)53-34-31(45)28(42)24(41)15-51-34/h17-35,39-47H,6-16H2,1-5H3,(H,48,49,50). The Kier molecular flexibility index (Phi) is 13.4. The van der Waals surface area contributed by atoms with Crippen LogP contribution in [0.1, 0.15) is 92.4 Å². The molecule has 18 heteroatoms. The van der Waals surface area contributed by atoms with Crippen molar-refractivity contribution in [3.05, 3.63) is 0 Å². The van der Waals surface area contributed by atoms with Crippen LogP contribution in [0.25, 0.3) is 0 Å². The lowest BCUT2D eigenvalue weighted by Gasteiger charge is -2.66. The van der Waals surface area contributed by atoms with Gasteiger partial charge in [0.2, 0.25) is 0 Å². The van der Waals surface area contributed by atoms with Crippen LogP contribution in [0.15, 0.2) is 0 Å². The van der Waals surface area contributed by atoms with Crippen LogP contribution in [-0.2, 0) is 33.5 Å². The molecule has 6 aliphatic rings. The fourth-order valence-corrected chi connectivity index (χ4v) is 12.6. The summed E-state index contributed by atoms with van der Waals surface area (Å²) in [5, 5.41) is 98.4. The zero-order valence-electron chi connectivity index (χ0n) is 33.0. The van der Waals surface area contributed by atoms with Crippen LogP contribution < -0.4 is 0 Å². The molecule has 0 bridgehead atoms. The number of hydrogen-bond donors (Lipinski definition) is 10. The van der Waals surface area contributed by atoms with Gasteiger partial charge in [-0.2, -0.15) is 8.42 Å². The Labute approximate surface area is 329 Å². The number of rotatable bonds is 12. The highest BCUT2D eigenvalue weighted by Crippen LogP contribution is 2.70. The first kappa shape index (κ1) is 44.9. The van der Waals surface area contributed by atoms with Gasteiger partial charge in [0.15, 0.2) is 12.6 Å². The largest absolute Gasteiger partial charge is 0.397 e. The highest BCUT2D eigenvalue weighted by atomic mass is 32.3. The maximum absolute atomic E-state index is 12.8. The van der Waals surface area contributed by atoms with Gasteiger partial charge in [-0.1, -0.05) is 34.6 Å². The van der Waals surface area contributed by atoms with Gasteiger partial charge in [0, 0.05) is 12.3 Å². The van der Waals surface area contributed by atoms with Crippen LogP contribution in [0.2, 0.25) is 0 Å². The minimum atomic E-state index is -4.86. The zero-order chi connectivity index (χ0) is 41.3. The van der Waals surface area contributed by atoms with Gasteiger partial charge in [-0.05, 0) is 91.8 Å². The lowest BCUT2D eigenvalue weighted by atomic mass is 9.42. The number of aliphatic hydroxyl groups excluding tert-OH is 8. The number of ether oxygens (including phenoxy) is 4. The van der Waals surface area contributed by atoms with Crippen molar-refractivity contribution in [2.75, 3.05) is 13.2 Å². The van der Waals surface area contributed by atoms with Gasteiger partial charge in [0.1, 0.15) is 42.7 Å². The van der Waals surface area contributed by atoms with Gasteiger partial charge in [-0.3, -0.25) is 4.55 Å². The fourth-order valence-electron chi connectivity index (χ4n) is 12.3. The maximum Gasteiger partial charge on any atom is 0.397 e. The van der Waals surface area contributed by atoms with Gasteiger partial charge < -0.3 is 64.9 Å². The zero-order valence-corrected chi connectivity index (χ0v) is 33.8. The molecule has 4 saturated carbocycles. The van der Waals surface area contributed by atoms with Crippen molar-refractivity contribution in [1.29, 1.82) is 0 Å². The van der Waals surface area contributed by atoms with Gasteiger partial charge in [-0.25, -0.2) is 4.18 Å². The second kappa shape index (κ2) is 16.7. The van der Waals surface area contributed by atoms with Crippen molar-refractivity contribution in [2.45, 2.75) is 178 Å². The second-order valence-electron chi connectivity index (χ2n) is 18.8. The number of fused-ring (bicyclic) bond motifs is 5. The van der Waals surface area contributed by atoms with Crippen LogP contribution in [0.3, 0.4) is 0 Å². The monoisotopic (exact) mass is 826 g/mol. The minimum absolute atomic E-state index is 0.0262. The van der Waals surface area contributed by atoms with Crippen molar-refractivity contribution in [3.8, 4) is 0 Å². The van der Waals surface area contributed by atoms with Crippen LogP contribution >= 0.6 is 0 Å². The van der Waals surface area contributed by atoms with E-state index in [4.69, 9.17) is 23.5 Å². The summed E-state index contributed by atoms with van der Waals surface area (Å²) < 4.78 is 58.9. The molecular formula is C38H66O17S. The third-order valence-electron chi connectivity index (χ3n) is 15.2. The molecule has 6 fully saturated rings. The predicted molar refractivity (Wildman–Crippen MR) is 194 cm³/mol. The SMILES string of the molecule is CC(C)C(CCC(C)C1CC(O)C2C1(C)CCC1C3(C)CCC(OC4OCC(O)C(O)C4O)CC3C(O)CC12O)OC1OC(COS(=O)(=O)O)C(O)C(O)C1O. The Morgan fingerprint density at radius 2 is 1.45 bits per heavy atom. The Morgan fingerprint density at radius 3 is 2.11 bits per heavy atom. The minimum Gasteiger partial charge on any atom is -0.393 e. The molecule has 21 unspecified atom stereocenters. The Bertz CT molecular complexity index is 1450. The highest BCUT2D eigenvalue weighted by Gasteiger charge is 2.71. The van der Waals surface area contributed by atoms with E-state index in [1.54, 1.807) is 0 Å². The van der Waals surface area contributed by atoms with Crippen LogP contribution in [0, 0.1) is 46.3 Å². The Hall–Kier alpha value is -0.650. The maximum atomic E-state index is 12.8. The lowest BCUT2D eigenvalue weighted by Crippen LogP contribution is -2.68. The van der Waals surface area contributed by atoms with E-state index in [2.05, 4.69) is 25.0 Å². The molecule has 2 saturated heterocycles. The normalized spacial score (nSPS) is 50.9. The van der Waals surface area contributed by atoms with Crippen LogP contribution in [-0.4, -0.2) is 157 Å². The number of hydrogen-bond acceptors (Lipinski definition) is 16. The lowest BCUT2D eigenvalue weighted by molar-refractivity contribution is -0.314. The van der Waals surface area contributed by atoms with E-state index >= 15 is 0 Å². The highest BCUT2D eigenvalue weighted by molar-refractivity contribution is 7.80. The molecule has 21 atom stereocenters. The van der Waals surface area contributed by atoms with E-state index in [9.17, 15) is 54.4 Å². The molecular weight excluding hydrogens is 760 g/mol. The predicted octanol–water partition coefficient (Wildman–Crippen LogP) is -0.389. The van der Waals surface area contributed by atoms with Gasteiger partial charge in [-0.15, -0.1) is 0 Å². The average molecular weight is 827 g/mol. The number of aliphatic hydroxyl groups is 9. The molecule has 0 aromatic carbocycles. The summed E-state index contributed by atoms with van der Waals surface area (Å²) in [5.74, 6) is -0.861. The summed E-state index contributed by atoms with van der Waals surface area (Å²) in [4.78, 5) is 0. The Morgan fingerprint density at radius 1 is 0.786 bits per heavy atom. The van der Waals surface area contributed by atoms with Crippen molar-refractivity contribution < 1.29 is 82.1 Å². The summed E-state index contributed by atoms with van der Waals surface area (Å²) in [5.41, 5.74) is -2.21. The molecule has 56 heavy (non-hydrogen) atoms. The molecule has 0 aromatic heterocycles. The molecule has 4 aliphatic carbocycles. The molecule has 2 heterocycles. The molecule has 10 N–H and O–H groups in total. The molecule has 17 nitrogen and oxygen atoms in total. The van der Waals surface area contributed by atoms with Gasteiger partial charge in [0.25, 0.3) is 0 Å². The molecule has 2 aliphatic heterocycles. The van der Waals surface area contributed by atoms with E-state index in [1.807, 2.05) is 13.8 Å². The van der Waals surface area contributed by atoms with Crippen molar-refractivity contribution in [2.24, 2.45) is 46.3 Å². The summed E-state index contributed by atoms with van der Waals surface area (Å²) in [6, 6.07) is 0. The van der Waals surface area contributed by atoms with Crippen molar-refractivity contribution in [3.63, 3.8) is 0 Å². The first-order chi connectivity index (χ1) is 26.0. The van der Waals surface area contributed by atoms with Gasteiger partial charge in [0.05, 0.1) is 43.2 Å². The van der Waals surface area contributed by atoms with Gasteiger partial charge >= 0.3 is 10.4 Å². The van der Waals surface area contributed by atoms with Crippen LogP contribution in [0.4, 0.5) is 0 Å². The summed E-state index contributed by atoms with van der Waals surface area (Å²) in [6.07, 6.45) is -10.7. The first-order valence-electron chi connectivity index (χ1n) is 20.4. The second-order valence-corrected chi connectivity index (χ2v) is 19.9. The fraction of sp³-hybridized carbons (Fsp3) is 1.00. The van der Waals surface area contributed by atoms with E-state index < -0.39 is 113 Å². The topological polar surface area (TPSA) is 283 Å². The molecule has 0 aromatic rings. The van der Waals surface area contributed by atoms with Crippen LogP contribution in [0.5, 0.6) is 0 Å².